The molecule has 1 N–H and O–H groups in total. The Bertz CT molecular complexity index is 933. The largest absolute Gasteiger partial charge is 0.438 e. The van der Waals surface area contributed by atoms with Crippen LogP contribution in [0.2, 0.25) is 0 Å². The maximum absolute atomic E-state index is 13.5. The Labute approximate surface area is 149 Å². The van der Waals surface area contributed by atoms with Gasteiger partial charge in [0.25, 0.3) is 17.3 Å². The number of nitro groups is 1. The van der Waals surface area contributed by atoms with Crippen LogP contribution in [0.3, 0.4) is 0 Å². The molecule has 8 nitrogen and oxygen atoms in total. The first kappa shape index (κ1) is 18.5. The van der Waals surface area contributed by atoms with Crippen molar-refractivity contribution >= 4 is 17.3 Å². The highest BCUT2D eigenvalue weighted by atomic mass is 19.4. The number of hydrogen-bond donors (Lipinski definition) is 1. The number of hydrogen-bond acceptors (Lipinski definition) is 6. The SMILES string of the molecule is O=C(c1cccc([N+](=O)[O-])c1)N1N=C(c2cccnc2)C[C@]1(O)C(F)(F)F. The number of benzene rings is 1. The molecule has 0 bridgehead atoms. The lowest BCUT2D eigenvalue weighted by molar-refractivity contribution is -0.384. The highest BCUT2D eigenvalue weighted by Gasteiger charge is 2.63. The molecule has 1 aliphatic heterocycles. The second-order valence-electron chi connectivity index (χ2n) is 5.70. The minimum Gasteiger partial charge on any atom is -0.362 e. The van der Waals surface area contributed by atoms with Crippen molar-refractivity contribution in [3.8, 4) is 0 Å². The van der Waals surface area contributed by atoms with Crippen LogP contribution in [0.1, 0.15) is 22.3 Å². The van der Waals surface area contributed by atoms with E-state index in [2.05, 4.69) is 10.1 Å². The number of aromatic nitrogens is 1. The summed E-state index contributed by atoms with van der Waals surface area (Å²) in [5.74, 6) is -1.32. The van der Waals surface area contributed by atoms with Crippen molar-refractivity contribution in [2.24, 2.45) is 5.10 Å². The van der Waals surface area contributed by atoms with E-state index in [9.17, 15) is 33.2 Å². The summed E-state index contributed by atoms with van der Waals surface area (Å²) in [5.41, 5.74) is -4.47. The normalized spacial score (nSPS) is 19.7. The van der Waals surface area contributed by atoms with E-state index in [0.29, 0.717) is 0 Å². The monoisotopic (exact) mass is 380 g/mol. The summed E-state index contributed by atoms with van der Waals surface area (Å²) in [4.78, 5) is 26.4. The molecule has 1 amide bonds. The summed E-state index contributed by atoms with van der Waals surface area (Å²) in [6, 6.07) is 7.06. The van der Waals surface area contributed by atoms with Gasteiger partial charge >= 0.3 is 6.18 Å². The topological polar surface area (TPSA) is 109 Å². The molecule has 140 valence electrons. The molecule has 0 fully saturated rings. The number of pyridine rings is 1. The molecule has 0 saturated carbocycles. The Balaban J connectivity index is 2.06. The third-order valence-corrected chi connectivity index (χ3v) is 3.93. The minimum absolute atomic E-state index is 0.0889. The van der Waals surface area contributed by atoms with Gasteiger partial charge in [-0.25, -0.2) is 0 Å². The van der Waals surface area contributed by atoms with Crippen molar-refractivity contribution in [2.75, 3.05) is 0 Å². The molecule has 1 aliphatic rings. The van der Waals surface area contributed by atoms with Crippen molar-refractivity contribution < 1.29 is 28.0 Å². The molecule has 27 heavy (non-hydrogen) atoms. The van der Waals surface area contributed by atoms with Crippen LogP contribution in [0.4, 0.5) is 18.9 Å². The Morgan fingerprint density at radius 1 is 1.30 bits per heavy atom. The molecule has 0 saturated heterocycles. The number of nitro benzene ring substituents is 1. The molecule has 1 atom stereocenters. The van der Waals surface area contributed by atoms with E-state index in [-0.39, 0.29) is 16.3 Å². The molecule has 1 aromatic heterocycles. The van der Waals surface area contributed by atoms with Gasteiger partial charge in [-0.15, -0.1) is 0 Å². The van der Waals surface area contributed by atoms with Gasteiger partial charge in [0.05, 0.1) is 17.1 Å². The van der Waals surface area contributed by atoms with Gasteiger partial charge in [-0.1, -0.05) is 12.1 Å². The zero-order valence-electron chi connectivity index (χ0n) is 13.4. The van der Waals surface area contributed by atoms with Crippen LogP contribution < -0.4 is 0 Å². The first-order valence-electron chi connectivity index (χ1n) is 7.49. The third kappa shape index (κ3) is 3.24. The Morgan fingerprint density at radius 2 is 2.04 bits per heavy atom. The van der Waals surface area contributed by atoms with Gasteiger partial charge in [0, 0.05) is 35.7 Å². The molecule has 3 rings (SSSR count). The fraction of sp³-hybridized carbons (Fsp3) is 0.188. The number of non-ortho nitro benzene ring substituents is 1. The number of carbonyl (C=O) groups is 1. The lowest BCUT2D eigenvalue weighted by atomic mass is 10.0. The highest BCUT2D eigenvalue weighted by Crippen LogP contribution is 2.42. The van der Waals surface area contributed by atoms with Gasteiger partial charge in [0.2, 0.25) is 0 Å². The Hall–Kier alpha value is -3.34. The average Bonchev–Trinajstić information content (AvgIpc) is 3.01. The van der Waals surface area contributed by atoms with E-state index in [0.717, 1.165) is 24.3 Å². The van der Waals surface area contributed by atoms with Crippen molar-refractivity contribution in [3.05, 3.63) is 70.0 Å². The maximum Gasteiger partial charge on any atom is 0.438 e. The standard InChI is InChI=1S/C16H11F3N4O4/c17-16(18,19)15(25)8-13(11-4-2-6-20-9-11)21-22(15)14(24)10-3-1-5-12(7-10)23(26)27/h1-7,9,25H,8H2/t15-/m0/s1. The summed E-state index contributed by atoms with van der Waals surface area (Å²) in [6.07, 6.45) is -3.56. The first-order chi connectivity index (χ1) is 12.6. The van der Waals surface area contributed by atoms with E-state index >= 15 is 0 Å². The van der Waals surface area contributed by atoms with Crippen LogP contribution >= 0.6 is 0 Å². The fourth-order valence-electron chi connectivity index (χ4n) is 2.55. The zero-order chi connectivity index (χ0) is 19.8. The number of amides is 1. The molecule has 0 unspecified atom stereocenters. The van der Waals surface area contributed by atoms with Crippen LogP contribution in [0.5, 0.6) is 0 Å². The van der Waals surface area contributed by atoms with Gasteiger partial charge in [0.1, 0.15) is 0 Å². The summed E-state index contributed by atoms with van der Waals surface area (Å²) >= 11 is 0. The van der Waals surface area contributed by atoms with Gasteiger partial charge < -0.3 is 5.11 Å². The molecule has 1 aromatic carbocycles. The molecular weight excluding hydrogens is 369 g/mol. The molecule has 0 radical (unpaired) electrons. The molecule has 0 spiro atoms. The first-order valence-corrected chi connectivity index (χ1v) is 7.49. The molecular formula is C16H11F3N4O4. The van der Waals surface area contributed by atoms with E-state index in [1.807, 2.05) is 0 Å². The number of aliphatic hydroxyl groups is 1. The van der Waals surface area contributed by atoms with Crippen molar-refractivity contribution in [3.63, 3.8) is 0 Å². The quantitative estimate of drug-likeness (QED) is 0.650. The molecule has 2 heterocycles. The number of rotatable bonds is 3. The Morgan fingerprint density at radius 3 is 2.63 bits per heavy atom. The summed E-state index contributed by atoms with van der Waals surface area (Å²) < 4.78 is 40.6. The number of hydrazone groups is 1. The van der Waals surface area contributed by atoms with Crippen LogP contribution in [-0.2, 0) is 0 Å². The lowest BCUT2D eigenvalue weighted by Gasteiger charge is -2.32. The number of halogens is 3. The fourth-order valence-corrected chi connectivity index (χ4v) is 2.55. The van der Waals surface area contributed by atoms with E-state index in [1.54, 1.807) is 0 Å². The second-order valence-corrected chi connectivity index (χ2v) is 5.70. The van der Waals surface area contributed by atoms with Crippen molar-refractivity contribution in [1.29, 1.82) is 0 Å². The summed E-state index contributed by atoms with van der Waals surface area (Å²) in [7, 11) is 0. The maximum atomic E-state index is 13.5. The van der Waals surface area contributed by atoms with Gasteiger partial charge in [-0.3, -0.25) is 19.9 Å². The number of alkyl halides is 3. The number of carbonyl (C=O) groups excluding carboxylic acids is 1. The molecule has 11 heteroatoms. The Kier molecular flexibility index (Phi) is 4.39. The summed E-state index contributed by atoms with van der Waals surface area (Å²) in [5, 5.41) is 24.6. The van der Waals surface area contributed by atoms with Crippen LogP contribution in [0.15, 0.2) is 53.9 Å². The average molecular weight is 380 g/mol. The van der Waals surface area contributed by atoms with Gasteiger partial charge in [-0.2, -0.15) is 23.3 Å². The third-order valence-electron chi connectivity index (χ3n) is 3.93. The van der Waals surface area contributed by atoms with Gasteiger partial charge in [-0.05, 0) is 12.1 Å². The minimum atomic E-state index is -5.21. The van der Waals surface area contributed by atoms with E-state index in [1.165, 1.54) is 24.5 Å². The highest BCUT2D eigenvalue weighted by molar-refractivity contribution is 6.05. The second kappa shape index (κ2) is 6.43. The molecule has 2 aromatic rings. The van der Waals surface area contributed by atoms with Crippen molar-refractivity contribution in [1.82, 2.24) is 9.99 Å². The molecule has 0 aliphatic carbocycles. The van der Waals surface area contributed by atoms with Gasteiger partial charge in [0.15, 0.2) is 0 Å². The van der Waals surface area contributed by atoms with Crippen LogP contribution in [0, 0.1) is 10.1 Å². The van der Waals surface area contributed by atoms with Crippen LogP contribution in [-0.4, -0.2) is 43.5 Å². The predicted octanol–water partition coefficient (Wildman–Crippen LogP) is 2.49. The number of nitrogens with zero attached hydrogens (tertiary/aromatic N) is 4. The van der Waals surface area contributed by atoms with E-state index in [4.69, 9.17) is 0 Å². The van der Waals surface area contributed by atoms with E-state index < -0.39 is 40.4 Å². The lowest BCUT2D eigenvalue weighted by Crippen LogP contribution is -2.56. The summed E-state index contributed by atoms with van der Waals surface area (Å²) in [6.45, 7) is 0. The van der Waals surface area contributed by atoms with Crippen molar-refractivity contribution in [2.45, 2.75) is 18.3 Å². The van der Waals surface area contributed by atoms with Crippen LogP contribution in [0.25, 0.3) is 0 Å². The zero-order valence-corrected chi connectivity index (χ0v) is 13.4. The predicted molar refractivity (Wildman–Crippen MR) is 85.7 cm³/mol. The smallest absolute Gasteiger partial charge is 0.362 e.